The minimum absolute atomic E-state index is 0.509. The molecule has 0 amide bonds. The number of anilines is 1. The Morgan fingerprint density at radius 3 is 2.89 bits per heavy atom. The van der Waals surface area contributed by atoms with Crippen LogP contribution in [0.2, 0.25) is 0 Å². The first-order valence-corrected chi connectivity index (χ1v) is 8.24. The molecule has 0 saturated carbocycles. The fraction of sp³-hybridized carbons (Fsp3) is 0.417. The highest BCUT2D eigenvalue weighted by molar-refractivity contribution is 9.10. The number of nitrogens with two attached hydrogens (primary N) is 1. The fourth-order valence-corrected chi connectivity index (χ4v) is 4.09. The number of methoxy groups -OCH3 is 1. The lowest BCUT2D eigenvalue weighted by molar-refractivity contribution is 0.181. The molecule has 0 aromatic carbocycles. The number of hydrogen-bond donors (Lipinski definition) is 1. The van der Waals surface area contributed by atoms with E-state index < -0.39 is 0 Å². The molecule has 2 aromatic heterocycles. The van der Waals surface area contributed by atoms with Gasteiger partial charge in [0.25, 0.3) is 0 Å². The van der Waals surface area contributed by atoms with E-state index in [4.69, 9.17) is 10.5 Å². The molecule has 4 nitrogen and oxygen atoms in total. The Hall–Kier alpha value is -0.470. The van der Waals surface area contributed by atoms with Gasteiger partial charge in [0.05, 0.1) is 18.8 Å². The average molecular weight is 362 g/mol. The van der Waals surface area contributed by atoms with Gasteiger partial charge in [-0.2, -0.15) is 0 Å². The van der Waals surface area contributed by atoms with Crippen molar-refractivity contribution in [2.75, 3.05) is 19.1 Å². The number of rotatable bonds is 6. The van der Waals surface area contributed by atoms with E-state index in [2.05, 4.69) is 37.3 Å². The Morgan fingerprint density at radius 2 is 2.32 bits per heavy atom. The molecule has 0 fully saturated rings. The van der Waals surface area contributed by atoms with Gasteiger partial charge in [0.2, 0.25) is 0 Å². The maximum absolute atomic E-state index is 5.74. The Labute approximate surface area is 129 Å². The highest BCUT2D eigenvalue weighted by atomic mass is 79.9. The first-order valence-electron chi connectivity index (χ1n) is 5.75. The minimum Gasteiger partial charge on any atom is -0.378 e. The van der Waals surface area contributed by atoms with Gasteiger partial charge >= 0.3 is 0 Å². The lowest BCUT2D eigenvalue weighted by Crippen LogP contribution is -2.15. The van der Waals surface area contributed by atoms with Crippen LogP contribution < -0.4 is 10.6 Å². The molecule has 0 atom stereocenters. The lowest BCUT2D eigenvalue weighted by Gasteiger charge is -2.14. The van der Waals surface area contributed by atoms with E-state index in [1.165, 1.54) is 4.88 Å². The Morgan fingerprint density at radius 1 is 1.53 bits per heavy atom. The fourth-order valence-electron chi connectivity index (χ4n) is 1.68. The molecule has 2 aromatic rings. The Bertz CT molecular complexity index is 541. The van der Waals surface area contributed by atoms with Crippen molar-refractivity contribution in [2.45, 2.75) is 19.7 Å². The van der Waals surface area contributed by atoms with Crippen molar-refractivity contribution in [2.24, 2.45) is 5.73 Å². The van der Waals surface area contributed by atoms with Crippen LogP contribution in [0, 0.1) is 0 Å². The molecule has 0 aliphatic carbocycles. The Balaban J connectivity index is 2.12. The van der Waals surface area contributed by atoms with Crippen molar-refractivity contribution >= 4 is 43.7 Å². The van der Waals surface area contributed by atoms with E-state index in [0.717, 1.165) is 26.7 Å². The molecular weight excluding hydrogens is 346 g/mol. The first kappa shape index (κ1) is 14.9. The van der Waals surface area contributed by atoms with E-state index >= 15 is 0 Å². The molecule has 0 unspecified atom stereocenters. The summed E-state index contributed by atoms with van der Waals surface area (Å²) < 4.78 is 6.28. The molecule has 0 aliphatic heterocycles. The second-order valence-electron chi connectivity index (χ2n) is 4.09. The maximum Gasteiger partial charge on any atom is 0.185 e. The van der Waals surface area contributed by atoms with Gasteiger partial charge in [-0.3, -0.25) is 0 Å². The summed E-state index contributed by atoms with van der Waals surface area (Å²) in [6, 6.07) is 2.13. The van der Waals surface area contributed by atoms with Crippen LogP contribution in [-0.2, 0) is 24.4 Å². The highest BCUT2D eigenvalue weighted by Crippen LogP contribution is 2.28. The van der Waals surface area contributed by atoms with Crippen LogP contribution in [0.4, 0.5) is 5.13 Å². The lowest BCUT2D eigenvalue weighted by atomic mass is 10.4. The van der Waals surface area contributed by atoms with E-state index in [1.54, 1.807) is 29.8 Å². The molecular formula is C12H16BrN3OS2. The number of aromatic nitrogens is 1. The zero-order valence-electron chi connectivity index (χ0n) is 10.9. The van der Waals surface area contributed by atoms with Crippen LogP contribution in [0.1, 0.15) is 15.4 Å². The van der Waals surface area contributed by atoms with E-state index in [1.807, 2.05) is 7.05 Å². The molecule has 0 aliphatic rings. The molecule has 7 heteroatoms. The molecule has 2 heterocycles. The normalized spacial score (nSPS) is 10.9. The average Bonchev–Trinajstić information content (AvgIpc) is 2.96. The summed E-state index contributed by atoms with van der Waals surface area (Å²) in [4.78, 5) is 9.14. The monoisotopic (exact) mass is 361 g/mol. The van der Waals surface area contributed by atoms with E-state index in [0.29, 0.717) is 13.2 Å². The molecule has 0 bridgehead atoms. The predicted octanol–water partition coefficient (Wildman–Crippen LogP) is 3.21. The predicted molar refractivity (Wildman–Crippen MR) is 84.8 cm³/mol. The van der Waals surface area contributed by atoms with Crippen molar-refractivity contribution < 1.29 is 4.74 Å². The SMILES string of the molecule is COCc1nc(N(C)Cc2cc(Br)cs2)sc1CN. The number of ether oxygens (including phenoxy) is 1. The van der Waals surface area contributed by atoms with Crippen molar-refractivity contribution in [3.8, 4) is 0 Å². The summed E-state index contributed by atoms with van der Waals surface area (Å²) in [6.07, 6.45) is 0. The third-order valence-corrected chi connectivity index (χ3v) is 5.49. The summed E-state index contributed by atoms with van der Waals surface area (Å²) >= 11 is 6.85. The highest BCUT2D eigenvalue weighted by Gasteiger charge is 2.13. The molecule has 2 rings (SSSR count). The summed E-state index contributed by atoms with van der Waals surface area (Å²) in [5.41, 5.74) is 6.69. The molecule has 0 saturated heterocycles. The maximum atomic E-state index is 5.74. The van der Waals surface area contributed by atoms with Crippen LogP contribution in [-0.4, -0.2) is 19.1 Å². The first-order chi connectivity index (χ1) is 9.13. The number of nitrogens with zero attached hydrogens (tertiary/aromatic N) is 2. The van der Waals surface area contributed by atoms with Crippen molar-refractivity contribution in [3.05, 3.63) is 31.4 Å². The van der Waals surface area contributed by atoms with E-state index in [-0.39, 0.29) is 0 Å². The molecule has 19 heavy (non-hydrogen) atoms. The second kappa shape index (κ2) is 6.81. The van der Waals surface area contributed by atoms with Gasteiger partial charge in [-0.05, 0) is 22.0 Å². The van der Waals surface area contributed by atoms with Gasteiger partial charge < -0.3 is 15.4 Å². The smallest absolute Gasteiger partial charge is 0.185 e. The van der Waals surface area contributed by atoms with Gasteiger partial charge in [-0.25, -0.2) is 4.98 Å². The van der Waals surface area contributed by atoms with Crippen molar-refractivity contribution in [3.63, 3.8) is 0 Å². The van der Waals surface area contributed by atoms with Gasteiger partial charge in [-0.1, -0.05) is 0 Å². The van der Waals surface area contributed by atoms with Gasteiger partial charge in [0.1, 0.15) is 0 Å². The third kappa shape index (κ3) is 3.76. The zero-order chi connectivity index (χ0) is 13.8. The van der Waals surface area contributed by atoms with Gasteiger partial charge in [-0.15, -0.1) is 22.7 Å². The summed E-state index contributed by atoms with van der Waals surface area (Å²) in [6.45, 7) is 1.87. The van der Waals surface area contributed by atoms with Crippen molar-refractivity contribution in [1.82, 2.24) is 4.98 Å². The standard InChI is InChI=1S/C12H16BrN3OS2/c1-16(5-9-3-8(13)7-18-9)12-15-10(6-17-2)11(4-14)19-12/h3,7H,4-6,14H2,1-2H3. The quantitative estimate of drug-likeness (QED) is 0.857. The minimum atomic E-state index is 0.509. The Kier molecular flexibility index (Phi) is 5.35. The molecule has 0 spiro atoms. The second-order valence-corrected chi connectivity index (χ2v) is 7.06. The van der Waals surface area contributed by atoms with E-state index in [9.17, 15) is 0 Å². The van der Waals surface area contributed by atoms with Crippen LogP contribution in [0.25, 0.3) is 0 Å². The molecule has 2 N–H and O–H groups in total. The number of thiazole rings is 1. The summed E-state index contributed by atoms with van der Waals surface area (Å²) in [7, 11) is 3.72. The summed E-state index contributed by atoms with van der Waals surface area (Å²) in [5.74, 6) is 0. The topological polar surface area (TPSA) is 51.4 Å². The third-order valence-electron chi connectivity index (χ3n) is 2.57. The zero-order valence-corrected chi connectivity index (χ0v) is 14.1. The van der Waals surface area contributed by atoms with Crippen molar-refractivity contribution in [1.29, 1.82) is 0 Å². The van der Waals surface area contributed by atoms with Gasteiger partial charge in [0.15, 0.2) is 5.13 Å². The van der Waals surface area contributed by atoms with Crippen LogP contribution in [0.15, 0.2) is 15.9 Å². The number of hydrogen-bond acceptors (Lipinski definition) is 6. The number of halogens is 1. The van der Waals surface area contributed by atoms with Crippen LogP contribution in [0.5, 0.6) is 0 Å². The largest absolute Gasteiger partial charge is 0.378 e. The summed E-state index contributed by atoms with van der Waals surface area (Å²) in [5, 5.41) is 3.07. The van der Waals surface area contributed by atoms with Gasteiger partial charge in [0, 0.05) is 40.3 Å². The van der Waals surface area contributed by atoms with Crippen LogP contribution >= 0.6 is 38.6 Å². The van der Waals surface area contributed by atoms with Crippen LogP contribution in [0.3, 0.4) is 0 Å². The molecule has 104 valence electrons. The molecule has 0 radical (unpaired) electrons. The number of thiophene rings is 1.